The second-order valence-electron chi connectivity index (χ2n) is 4.80. The van der Waals surface area contributed by atoms with Crippen LogP contribution in [0.1, 0.15) is 10.4 Å². The molecule has 0 aliphatic heterocycles. The molecule has 3 heterocycles. The van der Waals surface area contributed by atoms with Crippen LogP contribution in [-0.4, -0.2) is 26.8 Å². The number of rotatable bonds is 3. The van der Waals surface area contributed by atoms with Gasteiger partial charge < -0.3 is 10.6 Å². The van der Waals surface area contributed by atoms with Crippen molar-refractivity contribution in [2.75, 3.05) is 17.7 Å². The minimum absolute atomic E-state index is 0.466. The second-order valence-corrected chi connectivity index (χ2v) is 5.80. The first-order valence-corrected chi connectivity index (χ1v) is 7.13. The van der Waals surface area contributed by atoms with E-state index in [-0.39, 0.29) is 0 Å². The van der Waals surface area contributed by atoms with Gasteiger partial charge in [-0.3, -0.25) is 4.68 Å². The van der Waals surface area contributed by atoms with Crippen LogP contribution in [0.15, 0.2) is 17.6 Å². The van der Waals surface area contributed by atoms with Gasteiger partial charge in [-0.1, -0.05) is 0 Å². The highest BCUT2D eigenvalue weighted by Crippen LogP contribution is 2.23. The van der Waals surface area contributed by atoms with Crippen LogP contribution >= 0.6 is 11.3 Å². The molecule has 0 amide bonds. The number of nitrogens with two attached hydrogens (primary N) is 1. The topological polar surface area (TPSA) is 72.9 Å². The Balaban J connectivity index is 1.97. The summed E-state index contributed by atoms with van der Waals surface area (Å²) in [6.45, 7) is 2.88. The fourth-order valence-corrected chi connectivity index (χ4v) is 3.01. The third-order valence-corrected chi connectivity index (χ3v) is 4.31. The highest BCUT2D eigenvalue weighted by molar-refractivity contribution is 7.10. The van der Waals surface area contributed by atoms with Crippen LogP contribution in [0, 0.1) is 6.92 Å². The number of nitrogen functional groups attached to an aromatic ring is 1. The van der Waals surface area contributed by atoms with Gasteiger partial charge in [-0.2, -0.15) is 15.1 Å². The summed E-state index contributed by atoms with van der Waals surface area (Å²) >= 11 is 1.74. The van der Waals surface area contributed by atoms with E-state index in [1.54, 1.807) is 22.2 Å². The smallest absolute Gasteiger partial charge is 0.229 e. The summed E-state index contributed by atoms with van der Waals surface area (Å²) in [7, 11) is 3.82. The van der Waals surface area contributed by atoms with Crippen LogP contribution in [0.3, 0.4) is 0 Å². The van der Waals surface area contributed by atoms with Crippen molar-refractivity contribution in [1.82, 2.24) is 19.7 Å². The van der Waals surface area contributed by atoms with Gasteiger partial charge in [0.15, 0.2) is 5.65 Å². The molecular weight excluding hydrogens is 272 g/mol. The predicted molar refractivity (Wildman–Crippen MR) is 81.9 cm³/mol. The molecule has 3 rings (SSSR count). The lowest BCUT2D eigenvalue weighted by atomic mass is 10.3. The van der Waals surface area contributed by atoms with Crippen LogP contribution in [-0.2, 0) is 13.6 Å². The molecule has 0 atom stereocenters. The lowest BCUT2D eigenvalue weighted by Crippen LogP contribution is -2.19. The Morgan fingerprint density at radius 3 is 2.90 bits per heavy atom. The summed E-state index contributed by atoms with van der Waals surface area (Å²) in [5.74, 6) is 1.08. The molecule has 0 fully saturated rings. The fourth-order valence-electron chi connectivity index (χ4n) is 2.05. The summed E-state index contributed by atoms with van der Waals surface area (Å²) in [4.78, 5) is 12.2. The highest BCUT2D eigenvalue weighted by atomic mass is 32.1. The maximum atomic E-state index is 5.98. The highest BCUT2D eigenvalue weighted by Gasteiger charge is 2.13. The first-order valence-electron chi connectivity index (χ1n) is 6.25. The van der Waals surface area contributed by atoms with E-state index in [9.17, 15) is 0 Å². The first-order chi connectivity index (χ1) is 9.56. The van der Waals surface area contributed by atoms with Gasteiger partial charge in [-0.05, 0) is 23.9 Å². The molecule has 0 aliphatic carbocycles. The number of aromatic nitrogens is 4. The Morgan fingerprint density at radius 2 is 2.20 bits per heavy atom. The lowest BCUT2D eigenvalue weighted by Gasteiger charge is -2.17. The van der Waals surface area contributed by atoms with Gasteiger partial charge in [-0.25, -0.2) is 0 Å². The molecule has 0 aliphatic rings. The monoisotopic (exact) mass is 288 g/mol. The van der Waals surface area contributed by atoms with E-state index in [0.717, 1.165) is 17.6 Å². The van der Waals surface area contributed by atoms with Crippen molar-refractivity contribution in [3.05, 3.63) is 28.1 Å². The van der Waals surface area contributed by atoms with Crippen LogP contribution < -0.4 is 10.6 Å². The summed E-state index contributed by atoms with van der Waals surface area (Å²) in [5, 5.41) is 7.05. The molecule has 20 heavy (non-hydrogen) atoms. The van der Waals surface area contributed by atoms with Crippen LogP contribution in [0.2, 0.25) is 0 Å². The van der Waals surface area contributed by atoms with Gasteiger partial charge in [0.05, 0.1) is 18.1 Å². The van der Waals surface area contributed by atoms with Gasteiger partial charge in [-0.15, -0.1) is 11.3 Å². The second kappa shape index (κ2) is 4.75. The number of aryl methyl sites for hydroxylation is 2. The summed E-state index contributed by atoms with van der Waals surface area (Å²) in [6, 6.07) is 2.12. The van der Waals surface area contributed by atoms with Crippen LogP contribution in [0.5, 0.6) is 0 Å². The Bertz CT molecular complexity index is 759. The molecule has 0 saturated heterocycles. The van der Waals surface area contributed by atoms with Crippen molar-refractivity contribution in [3.8, 4) is 0 Å². The number of fused-ring (bicyclic) bond motifs is 1. The first kappa shape index (κ1) is 12.9. The Labute approximate surface area is 120 Å². The molecule has 6 nitrogen and oxygen atoms in total. The van der Waals surface area contributed by atoms with Gasteiger partial charge in [0.2, 0.25) is 5.95 Å². The summed E-state index contributed by atoms with van der Waals surface area (Å²) in [5.41, 5.74) is 8.02. The van der Waals surface area contributed by atoms with E-state index < -0.39 is 0 Å². The number of anilines is 2. The normalized spacial score (nSPS) is 11.2. The molecule has 2 N–H and O–H groups in total. The van der Waals surface area contributed by atoms with E-state index in [2.05, 4.69) is 33.4 Å². The molecule has 3 aromatic heterocycles. The molecule has 7 heteroatoms. The average molecular weight is 288 g/mol. The number of hydrogen-bond acceptors (Lipinski definition) is 6. The Hall–Kier alpha value is -2.15. The molecule has 0 saturated carbocycles. The zero-order valence-electron chi connectivity index (χ0n) is 11.7. The molecule has 104 valence electrons. The fraction of sp³-hybridized carbons (Fsp3) is 0.308. The molecule has 0 spiro atoms. The zero-order chi connectivity index (χ0) is 14.3. The van der Waals surface area contributed by atoms with Crippen molar-refractivity contribution in [1.29, 1.82) is 0 Å². The number of thiophene rings is 1. The molecule has 0 aromatic carbocycles. The number of nitrogens with zero attached hydrogens (tertiary/aromatic N) is 5. The summed E-state index contributed by atoms with van der Waals surface area (Å²) < 4.78 is 1.71. The molecule has 0 unspecified atom stereocenters. The van der Waals surface area contributed by atoms with Gasteiger partial charge in [0.1, 0.15) is 5.82 Å². The quantitative estimate of drug-likeness (QED) is 0.797. The molecule has 0 bridgehead atoms. The van der Waals surface area contributed by atoms with Gasteiger partial charge in [0.25, 0.3) is 0 Å². The van der Waals surface area contributed by atoms with Crippen molar-refractivity contribution >= 4 is 34.1 Å². The van der Waals surface area contributed by atoms with Crippen molar-refractivity contribution in [2.24, 2.45) is 7.05 Å². The third-order valence-electron chi connectivity index (χ3n) is 3.30. The average Bonchev–Trinajstić information content (AvgIpc) is 2.98. The minimum atomic E-state index is 0.466. The van der Waals surface area contributed by atoms with Crippen LogP contribution in [0.4, 0.5) is 11.8 Å². The van der Waals surface area contributed by atoms with Crippen molar-refractivity contribution < 1.29 is 0 Å². The Kier molecular flexibility index (Phi) is 3.06. The van der Waals surface area contributed by atoms with E-state index in [1.807, 2.05) is 19.0 Å². The minimum Gasteiger partial charge on any atom is -0.383 e. The predicted octanol–water partition coefficient (Wildman–Crippen LogP) is 1.95. The van der Waals surface area contributed by atoms with Crippen molar-refractivity contribution in [2.45, 2.75) is 13.5 Å². The maximum absolute atomic E-state index is 5.98. The molecule has 3 aromatic rings. The number of hydrogen-bond donors (Lipinski definition) is 1. The zero-order valence-corrected chi connectivity index (χ0v) is 12.5. The third kappa shape index (κ3) is 2.09. The maximum Gasteiger partial charge on any atom is 0.229 e. The molecular formula is C13H16N6S. The van der Waals surface area contributed by atoms with E-state index in [1.165, 1.54) is 10.4 Å². The van der Waals surface area contributed by atoms with Crippen LogP contribution in [0.25, 0.3) is 11.0 Å². The molecule has 0 radical (unpaired) electrons. The Morgan fingerprint density at radius 1 is 1.40 bits per heavy atom. The standard InChI is InChI=1S/C13H16N6S/c1-8-4-5-20-10(8)7-18(2)13-16-11(14)9-6-15-19(3)12(9)17-13/h4-6H,7H2,1-3H3,(H2,14,16,17). The van der Waals surface area contributed by atoms with E-state index >= 15 is 0 Å². The summed E-state index contributed by atoms with van der Waals surface area (Å²) in [6.07, 6.45) is 1.69. The lowest BCUT2D eigenvalue weighted by molar-refractivity contribution is 0.781. The largest absolute Gasteiger partial charge is 0.383 e. The van der Waals surface area contributed by atoms with Crippen molar-refractivity contribution in [3.63, 3.8) is 0 Å². The van der Waals surface area contributed by atoms with E-state index in [4.69, 9.17) is 5.73 Å². The van der Waals surface area contributed by atoms with E-state index in [0.29, 0.717) is 11.8 Å². The SMILES string of the molecule is Cc1ccsc1CN(C)c1nc(N)c2cnn(C)c2n1. The van der Waals surface area contributed by atoms with Gasteiger partial charge >= 0.3 is 0 Å². The van der Waals surface area contributed by atoms with Gasteiger partial charge in [0, 0.05) is 19.0 Å².